The zero-order valence-electron chi connectivity index (χ0n) is 14.7. The summed E-state index contributed by atoms with van der Waals surface area (Å²) in [5, 5.41) is 0.709. The van der Waals surface area contributed by atoms with Crippen molar-refractivity contribution in [2.75, 3.05) is 0 Å². The van der Waals surface area contributed by atoms with Crippen LogP contribution >= 0.6 is 11.6 Å². The monoisotopic (exact) mass is 366 g/mol. The molecule has 3 nitrogen and oxygen atoms in total. The molecule has 4 heteroatoms. The van der Waals surface area contributed by atoms with Crippen LogP contribution in [-0.4, -0.2) is 5.78 Å². The van der Waals surface area contributed by atoms with E-state index in [1.54, 1.807) is 18.2 Å². The van der Waals surface area contributed by atoms with Gasteiger partial charge >= 0.3 is 0 Å². The third-order valence-electron chi connectivity index (χ3n) is 3.89. The minimum absolute atomic E-state index is 0.0560. The summed E-state index contributed by atoms with van der Waals surface area (Å²) in [5.41, 5.74) is 2.68. The van der Waals surface area contributed by atoms with Gasteiger partial charge in [-0.1, -0.05) is 35.4 Å². The summed E-state index contributed by atoms with van der Waals surface area (Å²) in [4.78, 5) is 12.2. The highest BCUT2D eigenvalue weighted by Gasteiger charge is 2.05. The number of rotatable bonds is 6. The lowest BCUT2D eigenvalue weighted by Gasteiger charge is -2.05. The molecule has 0 spiro atoms. The van der Waals surface area contributed by atoms with Crippen LogP contribution in [0.25, 0.3) is 6.08 Å². The first kappa shape index (κ1) is 18.0. The van der Waals surface area contributed by atoms with Crippen molar-refractivity contribution in [1.82, 2.24) is 0 Å². The van der Waals surface area contributed by atoms with Gasteiger partial charge in [-0.05, 0) is 68.0 Å². The van der Waals surface area contributed by atoms with Crippen molar-refractivity contribution in [3.63, 3.8) is 0 Å². The van der Waals surface area contributed by atoms with E-state index in [1.807, 2.05) is 56.3 Å². The standard InChI is InChI=1S/C22H19ClO3/c1-15-4-3-5-17(12-15)22(24)11-9-18-6-7-20(26-18)14-25-19-8-10-21(23)16(2)13-19/h3-13H,14H2,1-2H3/b11-9+. The average Bonchev–Trinajstić information content (AvgIpc) is 3.08. The molecule has 0 unspecified atom stereocenters. The van der Waals surface area contributed by atoms with E-state index in [1.165, 1.54) is 6.08 Å². The second kappa shape index (κ2) is 8.07. The van der Waals surface area contributed by atoms with Crippen molar-refractivity contribution in [3.8, 4) is 5.75 Å². The van der Waals surface area contributed by atoms with E-state index in [2.05, 4.69) is 0 Å². The number of hydrogen-bond acceptors (Lipinski definition) is 3. The van der Waals surface area contributed by atoms with E-state index in [-0.39, 0.29) is 5.78 Å². The molecule has 0 bridgehead atoms. The van der Waals surface area contributed by atoms with Crippen molar-refractivity contribution in [2.45, 2.75) is 20.5 Å². The molecule has 0 aliphatic carbocycles. The van der Waals surface area contributed by atoms with Gasteiger partial charge in [-0.3, -0.25) is 4.79 Å². The lowest BCUT2D eigenvalue weighted by atomic mass is 10.1. The van der Waals surface area contributed by atoms with Gasteiger partial charge in [0.25, 0.3) is 0 Å². The molecule has 1 heterocycles. The van der Waals surface area contributed by atoms with Gasteiger partial charge in [-0.15, -0.1) is 0 Å². The summed E-state index contributed by atoms with van der Waals surface area (Å²) in [6.07, 6.45) is 3.18. The molecule has 3 rings (SSSR count). The number of allylic oxidation sites excluding steroid dienone is 1. The lowest BCUT2D eigenvalue weighted by Crippen LogP contribution is -1.94. The smallest absolute Gasteiger partial charge is 0.185 e. The first-order valence-corrected chi connectivity index (χ1v) is 8.66. The van der Waals surface area contributed by atoms with Crippen LogP contribution in [0.5, 0.6) is 5.75 Å². The van der Waals surface area contributed by atoms with Gasteiger partial charge in [0, 0.05) is 10.6 Å². The molecule has 132 valence electrons. The zero-order chi connectivity index (χ0) is 18.5. The Kier molecular flexibility index (Phi) is 5.59. The molecule has 0 atom stereocenters. The Bertz CT molecular complexity index is 954. The van der Waals surface area contributed by atoms with Crippen LogP contribution < -0.4 is 4.74 Å². The molecule has 0 aliphatic heterocycles. The van der Waals surface area contributed by atoms with Crippen LogP contribution in [0.4, 0.5) is 0 Å². The maximum atomic E-state index is 12.2. The molecule has 0 radical (unpaired) electrons. The molecule has 0 fully saturated rings. The van der Waals surface area contributed by atoms with Gasteiger partial charge in [0.05, 0.1) is 0 Å². The number of ether oxygens (including phenoxy) is 1. The van der Waals surface area contributed by atoms with Crippen LogP contribution in [0.3, 0.4) is 0 Å². The fourth-order valence-corrected chi connectivity index (χ4v) is 2.59. The van der Waals surface area contributed by atoms with Crippen molar-refractivity contribution in [1.29, 1.82) is 0 Å². The van der Waals surface area contributed by atoms with E-state index in [9.17, 15) is 4.79 Å². The van der Waals surface area contributed by atoms with Crippen molar-refractivity contribution >= 4 is 23.5 Å². The van der Waals surface area contributed by atoms with Crippen molar-refractivity contribution in [2.24, 2.45) is 0 Å². The Hall–Kier alpha value is -2.78. The predicted octanol–water partition coefficient (Wildman–Crippen LogP) is 6.02. The maximum Gasteiger partial charge on any atom is 0.185 e. The van der Waals surface area contributed by atoms with E-state index < -0.39 is 0 Å². The van der Waals surface area contributed by atoms with Gasteiger partial charge in [0.15, 0.2) is 5.78 Å². The van der Waals surface area contributed by atoms with Crippen LogP contribution in [0.1, 0.15) is 33.0 Å². The number of ketones is 1. The predicted molar refractivity (Wildman–Crippen MR) is 104 cm³/mol. The van der Waals surface area contributed by atoms with Crippen molar-refractivity contribution in [3.05, 3.63) is 93.9 Å². The minimum Gasteiger partial charge on any atom is -0.486 e. The Balaban J connectivity index is 1.60. The normalized spacial score (nSPS) is 11.0. The molecule has 26 heavy (non-hydrogen) atoms. The molecule has 3 aromatic rings. The van der Waals surface area contributed by atoms with Gasteiger partial charge in [-0.25, -0.2) is 0 Å². The fourth-order valence-electron chi connectivity index (χ4n) is 2.48. The van der Waals surface area contributed by atoms with E-state index in [0.717, 1.165) is 16.9 Å². The third kappa shape index (κ3) is 4.64. The molecule has 2 aromatic carbocycles. The zero-order valence-corrected chi connectivity index (χ0v) is 15.4. The largest absolute Gasteiger partial charge is 0.486 e. The second-order valence-corrected chi connectivity index (χ2v) is 6.48. The fraction of sp³-hybridized carbons (Fsp3) is 0.136. The number of benzene rings is 2. The SMILES string of the molecule is Cc1cccc(C(=O)/C=C/c2ccc(COc3ccc(Cl)c(C)c3)o2)c1. The van der Waals surface area contributed by atoms with Gasteiger partial charge in [0.2, 0.25) is 0 Å². The number of furan rings is 1. The number of halogens is 1. The summed E-state index contributed by atoms with van der Waals surface area (Å²) < 4.78 is 11.4. The number of carbonyl (C=O) groups excluding carboxylic acids is 1. The molecule has 0 amide bonds. The molecule has 0 saturated heterocycles. The summed E-state index contributed by atoms with van der Waals surface area (Å²) in [6.45, 7) is 4.19. The highest BCUT2D eigenvalue weighted by Crippen LogP contribution is 2.22. The first-order valence-electron chi connectivity index (χ1n) is 8.28. The molecule has 0 N–H and O–H groups in total. The maximum absolute atomic E-state index is 12.2. The van der Waals surface area contributed by atoms with Gasteiger partial charge in [0.1, 0.15) is 23.9 Å². The molecular weight excluding hydrogens is 348 g/mol. The van der Waals surface area contributed by atoms with E-state index >= 15 is 0 Å². The van der Waals surface area contributed by atoms with Crippen LogP contribution in [0.15, 0.2) is 65.1 Å². The second-order valence-electron chi connectivity index (χ2n) is 6.07. The average molecular weight is 367 g/mol. The van der Waals surface area contributed by atoms with Crippen LogP contribution in [0.2, 0.25) is 5.02 Å². The Labute approximate surface area is 157 Å². The summed E-state index contributed by atoms with van der Waals surface area (Å²) in [7, 11) is 0. The summed E-state index contributed by atoms with van der Waals surface area (Å²) in [6, 6.07) is 16.6. The quantitative estimate of drug-likeness (QED) is 0.395. The first-order chi connectivity index (χ1) is 12.5. The minimum atomic E-state index is -0.0560. The highest BCUT2D eigenvalue weighted by atomic mass is 35.5. The Morgan fingerprint density at radius 1 is 1.12 bits per heavy atom. The molecule has 0 saturated carbocycles. The van der Waals surface area contributed by atoms with Crippen LogP contribution in [-0.2, 0) is 6.61 Å². The summed E-state index contributed by atoms with van der Waals surface area (Å²) >= 11 is 6.01. The number of aryl methyl sites for hydroxylation is 2. The molecular formula is C22H19ClO3. The van der Waals surface area contributed by atoms with E-state index in [0.29, 0.717) is 28.7 Å². The molecule has 1 aromatic heterocycles. The number of hydrogen-bond donors (Lipinski definition) is 0. The summed E-state index contributed by atoms with van der Waals surface area (Å²) in [5.74, 6) is 1.96. The molecule has 0 aliphatic rings. The van der Waals surface area contributed by atoms with E-state index in [4.69, 9.17) is 20.8 Å². The number of carbonyl (C=O) groups is 1. The lowest BCUT2D eigenvalue weighted by molar-refractivity contribution is 0.104. The third-order valence-corrected chi connectivity index (χ3v) is 4.32. The van der Waals surface area contributed by atoms with Gasteiger partial charge in [-0.2, -0.15) is 0 Å². The Morgan fingerprint density at radius 3 is 2.73 bits per heavy atom. The van der Waals surface area contributed by atoms with Crippen LogP contribution in [0, 0.1) is 13.8 Å². The van der Waals surface area contributed by atoms with Crippen molar-refractivity contribution < 1.29 is 13.9 Å². The Morgan fingerprint density at radius 2 is 1.96 bits per heavy atom. The van der Waals surface area contributed by atoms with Gasteiger partial charge < -0.3 is 9.15 Å². The highest BCUT2D eigenvalue weighted by molar-refractivity contribution is 6.31. The topological polar surface area (TPSA) is 39.4 Å².